The summed E-state index contributed by atoms with van der Waals surface area (Å²) < 4.78 is 28.4. The van der Waals surface area contributed by atoms with E-state index in [1.165, 1.54) is 17.8 Å². The van der Waals surface area contributed by atoms with Crippen molar-refractivity contribution in [1.29, 1.82) is 0 Å². The molecule has 0 bridgehead atoms. The van der Waals surface area contributed by atoms with Crippen LogP contribution in [-0.2, 0) is 10.0 Å². The number of nitrogens with zero attached hydrogens (tertiary/aromatic N) is 1. The molecule has 1 saturated carbocycles. The second-order valence-electron chi connectivity index (χ2n) is 6.72. The summed E-state index contributed by atoms with van der Waals surface area (Å²) in [5.74, 6) is 0.382. The van der Waals surface area contributed by atoms with Crippen molar-refractivity contribution in [3.05, 3.63) is 22.0 Å². The summed E-state index contributed by atoms with van der Waals surface area (Å²) in [4.78, 5) is 6.82. The highest BCUT2D eigenvalue weighted by Gasteiger charge is 2.25. The number of aromatic nitrogens is 1. The number of aryl methyl sites for hydroxylation is 1. The molecule has 24 heavy (non-hydrogen) atoms. The minimum atomic E-state index is -3.45. The summed E-state index contributed by atoms with van der Waals surface area (Å²) in [6, 6.07) is 1.87. The second-order valence-corrected chi connectivity index (χ2v) is 10.5. The van der Waals surface area contributed by atoms with Crippen molar-refractivity contribution in [2.24, 2.45) is 0 Å². The fourth-order valence-electron chi connectivity index (χ4n) is 3.01. The molecule has 1 N–H and O–H groups in total. The van der Waals surface area contributed by atoms with Gasteiger partial charge in [0.1, 0.15) is 5.01 Å². The van der Waals surface area contributed by atoms with E-state index in [0.29, 0.717) is 10.8 Å². The number of rotatable bonds is 5. The van der Waals surface area contributed by atoms with Crippen molar-refractivity contribution >= 4 is 32.7 Å². The van der Waals surface area contributed by atoms with E-state index in [9.17, 15) is 8.42 Å². The molecule has 2 heterocycles. The van der Waals surface area contributed by atoms with E-state index >= 15 is 0 Å². The molecule has 1 aliphatic carbocycles. The van der Waals surface area contributed by atoms with Gasteiger partial charge in [-0.2, -0.15) is 0 Å². The Morgan fingerprint density at radius 1 is 1.25 bits per heavy atom. The van der Waals surface area contributed by atoms with Crippen LogP contribution >= 0.6 is 22.7 Å². The monoisotopic (exact) mass is 384 g/mol. The van der Waals surface area contributed by atoms with Crippen molar-refractivity contribution in [2.45, 2.75) is 69.7 Å². The summed E-state index contributed by atoms with van der Waals surface area (Å²) >= 11 is 3.09. The van der Waals surface area contributed by atoms with E-state index in [1.807, 2.05) is 6.92 Å². The SMILES string of the molecule is Cc1sc(-c2nc(C(C)C)cs2)cc1S(=O)(=O)NC1CCCCC1. The standard InChI is InChI=1S/C17H24N2O2S3/c1-11(2)14-10-22-17(18-14)15-9-16(12(3)23-15)24(20,21)19-13-7-5-4-6-8-13/h9-11,13,19H,4-8H2,1-3H3. The van der Waals surface area contributed by atoms with Gasteiger partial charge < -0.3 is 0 Å². The summed E-state index contributed by atoms with van der Waals surface area (Å²) in [7, 11) is -3.45. The maximum atomic E-state index is 12.8. The van der Waals surface area contributed by atoms with Crippen molar-refractivity contribution in [3.8, 4) is 9.88 Å². The molecule has 7 heteroatoms. The molecule has 0 atom stereocenters. The van der Waals surface area contributed by atoms with Crippen molar-refractivity contribution in [2.75, 3.05) is 0 Å². The largest absolute Gasteiger partial charge is 0.241 e. The molecule has 3 rings (SSSR count). The lowest BCUT2D eigenvalue weighted by atomic mass is 9.96. The first-order chi connectivity index (χ1) is 11.4. The number of sulfonamides is 1. The number of thiazole rings is 1. The third-order valence-electron chi connectivity index (χ3n) is 4.41. The number of hydrogen-bond acceptors (Lipinski definition) is 5. The van der Waals surface area contributed by atoms with Gasteiger partial charge in [0.2, 0.25) is 10.0 Å². The predicted molar refractivity (Wildman–Crippen MR) is 101 cm³/mol. The van der Waals surface area contributed by atoms with Gasteiger partial charge in [-0.25, -0.2) is 18.1 Å². The van der Waals surface area contributed by atoms with E-state index < -0.39 is 10.0 Å². The van der Waals surface area contributed by atoms with Crippen molar-refractivity contribution < 1.29 is 8.42 Å². The summed E-state index contributed by atoms with van der Waals surface area (Å²) in [6.07, 6.45) is 5.32. The third-order valence-corrected chi connectivity index (χ3v) is 8.27. The van der Waals surface area contributed by atoms with Crippen LogP contribution < -0.4 is 4.72 Å². The Labute approximate surface area is 152 Å². The number of thiophene rings is 1. The van der Waals surface area contributed by atoms with Crippen LogP contribution in [0.3, 0.4) is 0 Å². The Bertz CT molecular complexity index is 800. The zero-order valence-corrected chi connectivity index (χ0v) is 16.8. The number of hydrogen-bond donors (Lipinski definition) is 1. The van der Waals surface area contributed by atoms with Crippen LogP contribution in [0.5, 0.6) is 0 Å². The second kappa shape index (κ2) is 7.23. The number of nitrogens with one attached hydrogen (secondary N) is 1. The van der Waals surface area contributed by atoms with E-state index in [1.54, 1.807) is 17.4 Å². The molecule has 0 aliphatic heterocycles. The van der Waals surface area contributed by atoms with E-state index in [4.69, 9.17) is 0 Å². The normalized spacial score (nSPS) is 16.8. The Balaban J connectivity index is 1.84. The maximum Gasteiger partial charge on any atom is 0.241 e. The molecule has 0 amide bonds. The molecule has 0 aromatic carbocycles. The Morgan fingerprint density at radius 2 is 1.96 bits per heavy atom. The highest BCUT2D eigenvalue weighted by molar-refractivity contribution is 7.89. The van der Waals surface area contributed by atoms with Crippen LogP contribution in [0.15, 0.2) is 16.3 Å². The van der Waals surface area contributed by atoms with Gasteiger partial charge >= 0.3 is 0 Å². The molecule has 1 aliphatic rings. The average Bonchev–Trinajstić information content (AvgIpc) is 3.14. The zero-order valence-electron chi connectivity index (χ0n) is 14.3. The maximum absolute atomic E-state index is 12.8. The minimum Gasteiger partial charge on any atom is -0.240 e. The summed E-state index contributed by atoms with van der Waals surface area (Å²) in [6.45, 7) is 6.10. The van der Waals surface area contributed by atoms with Crippen LogP contribution in [0.4, 0.5) is 0 Å². The topological polar surface area (TPSA) is 59.1 Å². The van der Waals surface area contributed by atoms with Gasteiger partial charge in [-0.3, -0.25) is 0 Å². The van der Waals surface area contributed by atoms with Crippen LogP contribution in [0, 0.1) is 6.92 Å². The van der Waals surface area contributed by atoms with Gasteiger partial charge in [0.05, 0.1) is 15.5 Å². The van der Waals surface area contributed by atoms with Gasteiger partial charge in [-0.1, -0.05) is 33.1 Å². The predicted octanol–water partition coefficient (Wildman–Crippen LogP) is 4.91. The summed E-state index contributed by atoms with van der Waals surface area (Å²) in [5, 5.41) is 2.97. The quantitative estimate of drug-likeness (QED) is 0.796. The van der Waals surface area contributed by atoms with Gasteiger partial charge in [0.25, 0.3) is 0 Å². The van der Waals surface area contributed by atoms with E-state index in [-0.39, 0.29) is 6.04 Å². The average molecular weight is 385 g/mol. The lowest BCUT2D eigenvalue weighted by Gasteiger charge is -2.22. The Morgan fingerprint density at radius 3 is 2.58 bits per heavy atom. The van der Waals surface area contributed by atoms with Crippen LogP contribution in [0.1, 0.15) is 62.4 Å². The van der Waals surface area contributed by atoms with Crippen LogP contribution in [-0.4, -0.2) is 19.4 Å². The van der Waals surface area contributed by atoms with Gasteiger partial charge in [0, 0.05) is 16.3 Å². The molecule has 132 valence electrons. The lowest BCUT2D eigenvalue weighted by molar-refractivity contribution is 0.412. The third kappa shape index (κ3) is 3.90. The molecule has 0 saturated heterocycles. The molecule has 0 unspecified atom stereocenters. The molecule has 2 aromatic heterocycles. The first-order valence-electron chi connectivity index (χ1n) is 8.45. The Hall–Kier alpha value is -0.760. The molecule has 2 aromatic rings. The first kappa shape index (κ1) is 18.0. The molecular formula is C17H24N2O2S3. The molecule has 0 radical (unpaired) electrons. The highest BCUT2D eigenvalue weighted by Crippen LogP contribution is 2.36. The fourth-order valence-corrected chi connectivity index (χ4v) is 6.95. The molecule has 1 fully saturated rings. The van der Waals surface area contributed by atoms with Crippen molar-refractivity contribution in [3.63, 3.8) is 0 Å². The fraction of sp³-hybridized carbons (Fsp3) is 0.588. The van der Waals surface area contributed by atoms with E-state index in [0.717, 1.165) is 46.1 Å². The first-order valence-corrected chi connectivity index (χ1v) is 11.6. The molecule has 4 nitrogen and oxygen atoms in total. The van der Waals surface area contributed by atoms with Gasteiger partial charge in [-0.15, -0.1) is 22.7 Å². The zero-order chi connectivity index (χ0) is 17.3. The van der Waals surface area contributed by atoms with Gasteiger partial charge in [-0.05, 0) is 31.7 Å². The molecular weight excluding hydrogens is 360 g/mol. The smallest absolute Gasteiger partial charge is 0.240 e. The Kier molecular flexibility index (Phi) is 5.44. The summed E-state index contributed by atoms with van der Waals surface area (Å²) in [5.41, 5.74) is 1.06. The van der Waals surface area contributed by atoms with Gasteiger partial charge in [0.15, 0.2) is 0 Å². The van der Waals surface area contributed by atoms with Crippen molar-refractivity contribution in [1.82, 2.24) is 9.71 Å². The van der Waals surface area contributed by atoms with Crippen LogP contribution in [0.25, 0.3) is 9.88 Å². The van der Waals surface area contributed by atoms with Crippen LogP contribution in [0.2, 0.25) is 0 Å². The van der Waals surface area contributed by atoms with E-state index in [2.05, 4.69) is 28.9 Å². The minimum absolute atomic E-state index is 0.0823. The lowest BCUT2D eigenvalue weighted by Crippen LogP contribution is -2.36. The highest BCUT2D eigenvalue weighted by atomic mass is 32.2. The molecule has 0 spiro atoms.